The van der Waals surface area contributed by atoms with Crippen molar-refractivity contribution in [2.24, 2.45) is 5.73 Å². The zero-order valence-corrected chi connectivity index (χ0v) is 13.2. The maximum Gasteiger partial charge on any atom is 0.0558 e. The standard InChI is InChI=1S/C17H30N2O/c1-4-6-11-19(12-13-20)17(16(18)5-2)15-9-7-14(3)8-10-15/h7-10,16-17,20H,4-6,11-13,18H2,1-3H3. The fourth-order valence-electron chi connectivity index (χ4n) is 2.60. The van der Waals surface area contributed by atoms with E-state index >= 15 is 0 Å². The van der Waals surface area contributed by atoms with Crippen LogP contribution in [0.5, 0.6) is 0 Å². The van der Waals surface area contributed by atoms with Crippen LogP contribution in [0.4, 0.5) is 0 Å². The number of aliphatic hydroxyl groups excluding tert-OH is 1. The van der Waals surface area contributed by atoms with Crippen molar-refractivity contribution >= 4 is 0 Å². The first kappa shape index (κ1) is 17.2. The number of hydrogen-bond donors (Lipinski definition) is 2. The number of benzene rings is 1. The Kier molecular flexibility index (Phi) is 7.82. The van der Waals surface area contributed by atoms with Crippen LogP contribution in [0.2, 0.25) is 0 Å². The van der Waals surface area contributed by atoms with Crippen LogP contribution in [-0.4, -0.2) is 35.7 Å². The third kappa shape index (κ3) is 4.89. The van der Waals surface area contributed by atoms with Crippen molar-refractivity contribution in [2.45, 2.75) is 52.1 Å². The van der Waals surface area contributed by atoms with Gasteiger partial charge in [0.15, 0.2) is 0 Å². The lowest BCUT2D eigenvalue weighted by Crippen LogP contribution is -2.42. The molecule has 0 saturated carbocycles. The second kappa shape index (κ2) is 9.11. The quantitative estimate of drug-likeness (QED) is 0.730. The van der Waals surface area contributed by atoms with Gasteiger partial charge >= 0.3 is 0 Å². The van der Waals surface area contributed by atoms with Crippen molar-refractivity contribution in [2.75, 3.05) is 19.7 Å². The Morgan fingerprint density at radius 1 is 1.15 bits per heavy atom. The summed E-state index contributed by atoms with van der Waals surface area (Å²) >= 11 is 0. The van der Waals surface area contributed by atoms with Crippen LogP contribution in [0.15, 0.2) is 24.3 Å². The van der Waals surface area contributed by atoms with E-state index in [1.54, 1.807) is 0 Å². The molecule has 1 aromatic rings. The molecular weight excluding hydrogens is 248 g/mol. The van der Waals surface area contributed by atoms with Gasteiger partial charge < -0.3 is 10.8 Å². The molecule has 0 heterocycles. The molecule has 0 radical (unpaired) electrons. The zero-order chi connectivity index (χ0) is 15.0. The summed E-state index contributed by atoms with van der Waals surface area (Å²) < 4.78 is 0. The van der Waals surface area contributed by atoms with Gasteiger partial charge in [0.1, 0.15) is 0 Å². The minimum atomic E-state index is 0.0983. The van der Waals surface area contributed by atoms with Gasteiger partial charge in [-0.3, -0.25) is 4.90 Å². The predicted octanol–water partition coefficient (Wildman–Crippen LogP) is 2.87. The molecule has 3 N–H and O–H groups in total. The topological polar surface area (TPSA) is 49.5 Å². The molecule has 0 fully saturated rings. The second-order valence-electron chi connectivity index (χ2n) is 5.54. The van der Waals surface area contributed by atoms with Gasteiger partial charge in [-0.1, -0.05) is 50.1 Å². The van der Waals surface area contributed by atoms with Crippen LogP contribution in [0.1, 0.15) is 50.3 Å². The van der Waals surface area contributed by atoms with Gasteiger partial charge in [-0.2, -0.15) is 0 Å². The average Bonchev–Trinajstić information content (AvgIpc) is 2.46. The van der Waals surface area contributed by atoms with Crippen molar-refractivity contribution in [3.63, 3.8) is 0 Å². The summed E-state index contributed by atoms with van der Waals surface area (Å²) in [7, 11) is 0. The highest BCUT2D eigenvalue weighted by atomic mass is 16.3. The lowest BCUT2D eigenvalue weighted by molar-refractivity contribution is 0.130. The third-order valence-electron chi connectivity index (χ3n) is 3.88. The van der Waals surface area contributed by atoms with Crippen LogP contribution in [-0.2, 0) is 0 Å². The van der Waals surface area contributed by atoms with Gasteiger partial charge in [-0.05, 0) is 31.9 Å². The largest absolute Gasteiger partial charge is 0.395 e. The summed E-state index contributed by atoms with van der Waals surface area (Å²) in [5, 5.41) is 9.35. The van der Waals surface area contributed by atoms with Gasteiger partial charge in [0.25, 0.3) is 0 Å². The molecule has 114 valence electrons. The summed E-state index contributed by atoms with van der Waals surface area (Å²) in [6, 6.07) is 8.92. The van der Waals surface area contributed by atoms with E-state index in [0.29, 0.717) is 6.54 Å². The zero-order valence-electron chi connectivity index (χ0n) is 13.2. The Morgan fingerprint density at radius 3 is 2.30 bits per heavy atom. The summed E-state index contributed by atoms with van der Waals surface area (Å²) in [6.45, 7) is 8.28. The molecule has 2 atom stereocenters. The Bertz CT molecular complexity index is 364. The molecular formula is C17H30N2O. The fourth-order valence-corrected chi connectivity index (χ4v) is 2.60. The first-order valence-corrected chi connectivity index (χ1v) is 7.81. The van der Waals surface area contributed by atoms with Crippen LogP contribution < -0.4 is 5.73 Å². The molecule has 0 bridgehead atoms. The fraction of sp³-hybridized carbons (Fsp3) is 0.647. The Balaban J connectivity index is 2.98. The van der Waals surface area contributed by atoms with Crippen molar-refractivity contribution in [3.8, 4) is 0 Å². The summed E-state index contributed by atoms with van der Waals surface area (Å²) in [5.41, 5.74) is 8.89. The lowest BCUT2D eigenvalue weighted by atomic mass is 9.95. The van der Waals surface area contributed by atoms with Gasteiger partial charge in [0.2, 0.25) is 0 Å². The molecule has 2 unspecified atom stereocenters. The molecule has 1 rings (SSSR count). The minimum absolute atomic E-state index is 0.0983. The first-order valence-electron chi connectivity index (χ1n) is 7.81. The van der Waals surface area contributed by atoms with E-state index in [1.165, 1.54) is 11.1 Å². The summed E-state index contributed by atoms with van der Waals surface area (Å²) in [5.74, 6) is 0. The monoisotopic (exact) mass is 278 g/mol. The Morgan fingerprint density at radius 2 is 1.80 bits per heavy atom. The van der Waals surface area contributed by atoms with E-state index in [2.05, 4.69) is 49.9 Å². The number of aryl methyl sites for hydroxylation is 1. The average molecular weight is 278 g/mol. The normalized spacial score (nSPS) is 14.5. The number of unbranched alkanes of at least 4 members (excludes halogenated alkanes) is 1. The highest BCUT2D eigenvalue weighted by molar-refractivity contribution is 5.25. The first-order chi connectivity index (χ1) is 9.63. The van der Waals surface area contributed by atoms with E-state index in [4.69, 9.17) is 5.73 Å². The van der Waals surface area contributed by atoms with Crippen molar-refractivity contribution < 1.29 is 5.11 Å². The molecule has 0 aliphatic rings. The minimum Gasteiger partial charge on any atom is -0.395 e. The van der Waals surface area contributed by atoms with Gasteiger partial charge in [-0.25, -0.2) is 0 Å². The number of aliphatic hydroxyl groups is 1. The van der Waals surface area contributed by atoms with Crippen LogP contribution in [0.3, 0.4) is 0 Å². The molecule has 3 nitrogen and oxygen atoms in total. The highest BCUT2D eigenvalue weighted by Crippen LogP contribution is 2.25. The van der Waals surface area contributed by atoms with E-state index in [9.17, 15) is 5.11 Å². The molecule has 0 spiro atoms. The Hall–Kier alpha value is -0.900. The maximum atomic E-state index is 9.35. The van der Waals surface area contributed by atoms with Gasteiger partial charge in [-0.15, -0.1) is 0 Å². The SMILES string of the molecule is CCCCN(CCO)C(c1ccc(C)cc1)C(N)CC. The van der Waals surface area contributed by atoms with Gasteiger partial charge in [0, 0.05) is 18.6 Å². The smallest absolute Gasteiger partial charge is 0.0558 e. The highest BCUT2D eigenvalue weighted by Gasteiger charge is 2.24. The van der Waals surface area contributed by atoms with E-state index in [0.717, 1.165) is 25.8 Å². The second-order valence-corrected chi connectivity index (χ2v) is 5.54. The Labute approximate surface area is 123 Å². The molecule has 0 saturated heterocycles. The third-order valence-corrected chi connectivity index (χ3v) is 3.88. The van der Waals surface area contributed by atoms with Crippen LogP contribution >= 0.6 is 0 Å². The maximum absolute atomic E-state index is 9.35. The number of nitrogens with zero attached hydrogens (tertiary/aromatic N) is 1. The number of rotatable bonds is 9. The van der Waals surface area contributed by atoms with Crippen LogP contribution in [0, 0.1) is 6.92 Å². The van der Waals surface area contributed by atoms with Crippen LogP contribution in [0.25, 0.3) is 0 Å². The van der Waals surface area contributed by atoms with Crippen molar-refractivity contribution in [1.82, 2.24) is 4.90 Å². The molecule has 0 amide bonds. The number of nitrogens with two attached hydrogens (primary N) is 1. The number of hydrogen-bond acceptors (Lipinski definition) is 3. The molecule has 1 aromatic carbocycles. The summed E-state index contributed by atoms with van der Waals surface area (Å²) in [4.78, 5) is 2.34. The molecule has 20 heavy (non-hydrogen) atoms. The molecule has 3 heteroatoms. The van der Waals surface area contributed by atoms with Crippen molar-refractivity contribution in [3.05, 3.63) is 35.4 Å². The van der Waals surface area contributed by atoms with E-state index < -0.39 is 0 Å². The molecule has 0 aromatic heterocycles. The van der Waals surface area contributed by atoms with E-state index in [1.807, 2.05) is 0 Å². The molecule has 0 aliphatic heterocycles. The van der Waals surface area contributed by atoms with Gasteiger partial charge in [0.05, 0.1) is 6.61 Å². The molecule has 0 aliphatic carbocycles. The van der Waals surface area contributed by atoms with E-state index in [-0.39, 0.29) is 18.7 Å². The summed E-state index contributed by atoms with van der Waals surface area (Å²) in [6.07, 6.45) is 3.23. The van der Waals surface area contributed by atoms with Crippen molar-refractivity contribution in [1.29, 1.82) is 0 Å². The lowest BCUT2D eigenvalue weighted by Gasteiger charge is -2.35. The predicted molar refractivity (Wildman–Crippen MR) is 85.8 cm³/mol.